The van der Waals surface area contributed by atoms with Crippen molar-refractivity contribution in [3.05, 3.63) is 71.9 Å². The maximum atomic E-state index is 13.9. The molecule has 0 unspecified atom stereocenters. The lowest BCUT2D eigenvalue weighted by Crippen LogP contribution is -2.28. The fraction of sp³-hybridized carbons (Fsp3) is 0.158. The summed E-state index contributed by atoms with van der Waals surface area (Å²) >= 11 is 0. The first kappa shape index (κ1) is 15.5. The summed E-state index contributed by atoms with van der Waals surface area (Å²) in [6.45, 7) is 0. The van der Waals surface area contributed by atoms with Crippen molar-refractivity contribution < 1.29 is 18.1 Å². The number of hydrogen-bond donors (Lipinski definition) is 1. The van der Waals surface area contributed by atoms with Crippen molar-refractivity contribution in [2.24, 2.45) is 0 Å². The molecule has 1 N–H and O–H groups in total. The zero-order chi connectivity index (χ0) is 17.4. The Morgan fingerprint density at radius 1 is 1.08 bits per heavy atom. The number of nitrogens with zero attached hydrogens (tertiary/aromatic N) is 1. The molecule has 0 aliphatic heterocycles. The average molecular weight is 340 g/mol. The number of aromatic nitrogens is 1. The molecule has 1 fully saturated rings. The van der Waals surface area contributed by atoms with Crippen molar-refractivity contribution in [2.45, 2.75) is 18.3 Å². The number of carbonyl (C=O) groups is 1. The van der Waals surface area contributed by atoms with E-state index in [0.29, 0.717) is 29.8 Å². The van der Waals surface area contributed by atoms with Gasteiger partial charge in [-0.1, -0.05) is 17.3 Å². The number of anilines is 1. The molecule has 1 saturated carbocycles. The molecule has 1 aromatic heterocycles. The first-order valence-corrected chi connectivity index (χ1v) is 7.88. The van der Waals surface area contributed by atoms with Crippen LogP contribution in [0.3, 0.4) is 0 Å². The van der Waals surface area contributed by atoms with E-state index in [1.54, 1.807) is 24.3 Å². The van der Waals surface area contributed by atoms with Crippen LogP contribution < -0.4 is 5.32 Å². The van der Waals surface area contributed by atoms with Crippen LogP contribution in [0.15, 0.2) is 59.1 Å². The van der Waals surface area contributed by atoms with Crippen LogP contribution in [0.1, 0.15) is 18.5 Å². The SMILES string of the molecule is O=C(Nc1ccc(F)cc1)C1(c2cc(-c3ccccc3F)on2)CC1. The van der Waals surface area contributed by atoms with Gasteiger partial charge in [0.25, 0.3) is 0 Å². The standard InChI is InChI=1S/C19H14F2N2O2/c20-12-5-7-13(8-6-12)22-18(24)19(9-10-19)17-11-16(25-23-17)14-3-1-2-4-15(14)21/h1-8,11H,9-10H2,(H,22,24). The molecule has 2 aromatic carbocycles. The number of carbonyl (C=O) groups excluding carboxylic acids is 1. The lowest BCUT2D eigenvalue weighted by atomic mass is 10.00. The molecule has 126 valence electrons. The van der Waals surface area contributed by atoms with E-state index in [1.165, 1.54) is 30.3 Å². The van der Waals surface area contributed by atoms with Gasteiger partial charge < -0.3 is 9.84 Å². The highest BCUT2D eigenvalue weighted by atomic mass is 19.1. The number of rotatable bonds is 4. The Balaban J connectivity index is 1.58. The molecule has 6 heteroatoms. The Bertz CT molecular complexity index is 931. The normalized spacial score (nSPS) is 15.0. The van der Waals surface area contributed by atoms with Crippen molar-refractivity contribution in [1.82, 2.24) is 5.16 Å². The summed E-state index contributed by atoms with van der Waals surface area (Å²) in [4.78, 5) is 12.6. The van der Waals surface area contributed by atoms with E-state index >= 15 is 0 Å². The Kier molecular flexibility index (Phi) is 3.60. The summed E-state index contributed by atoms with van der Waals surface area (Å²) in [5.41, 5.74) is 0.512. The quantitative estimate of drug-likeness (QED) is 0.771. The number of halogens is 2. The Hall–Kier alpha value is -3.02. The molecule has 1 heterocycles. The van der Waals surface area contributed by atoms with Crippen LogP contribution >= 0.6 is 0 Å². The van der Waals surface area contributed by atoms with Crippen LogP contribution in [0.5, 0.6) is 0 Å². The lowest BCUT2D eigenvalue weighted by Gasteiger charge is -2.12. The third kappa shape index (κ3) is 2.80. The molecule has 1 amide bonds. The van der Waals surface area contributed by atoms with E-state index in [2.05, 4.69) is 10.5 Å². The second kappa shape index (κ2) is 5.81. The Morgan fingerprint density at radius 2 is 1.80 bits per heavy atom. The van der Waals surface area contributed by atoms with Crippen LogP contribution in [-0.4, -0.2) is 11.1 Å². The largest absolute Gasteiger partial charge is 0.356 e. The van der Waals surface area contributed by atoms with Crippen LogP contribution in [0.4, 0.5) is 14.5 Å². The smallest absolute Gasteiger partial charge is 0.236 e. The van der Waals surface area contributed by atoms with Crippen LogP contribution in [-0.2, 0) is 10.2 Å². The number of amides is 1. The maximum absolute atomic E-state index is 13.9. The second-order valence-electron chi connectivity index (χ2n) is 6.10. The van der Waals surface area contributed by atoms with Gasteiger partial charge in [-0.25, -0.2) is 8.78 Å². The third-order valence-electron chi connectivity index (χ3n) is 4.43. The molecular formula is C19H14F2N2O2. The van der Waals surface area contributed by atoms with E-state index < -0.39 is 11.2 Å². The monoisotopic (exact) mass is 340 g/mol. The Labute approximate surface area is 142 Å². The van der Waals surface area contributed by atoms with Crippen LogP contribution in [0.2, 0.25) is 0 Å². The zero-order valence-corrected chi connectivity index (χ0v) is 13.1. The molecule has 0 atom stereocenters. The molecule has 4 rings (SSSR count). The molecule has 0 saturated heterocycles. The van der Waals surface area contributed by atoms with Crippen molar-refractivity contribution in [2.75, 3.05) is 5.32 Å². The van der Waals surface area contributed by atoms with E-state index in [-0.39, 0.29) is 17.5 Å². The highest BCUT2D eigenvalue weighted by Crippen LogP contribution is 2.49. The second-order valence-corrected chi connectivity index (χ2v) is 6.10. The van der Waals surface area contributed by atoms with Gasteiger partial charge in [0.2, 0.25) is 5.91 Å². The predicted octanol–water partition coefficient (Wildman–Crippen LogP) is 4.29. The molecule has 1 aliphatic carbocycles. The van der Waals surface area contributed by atoms with Gasteiger partial charge in [-0.05, 0) is 49.2 Å². The molecule has 25 heavy (non-hydrogen) atoms. The van der Waals surface area contributed by atoms with E-state index in [0.717, 1.165) is 0 Å². The van der Waals surface area contributed by atoms with E-state index in [9.17, 15) is 13.6 Å². The van der Waals surface area contributed by atoms with Gasteiger partial charge in [-0.2, -0.15) is 0 Å². The first-order valence-electron chi connectivity index (χ1n) is 7.88. The minimum Gasteiger partial charge on any atom is -0.356 e. The summed E-state index contributed by atoms with van der Waals surface area (Å²) in [7, 11) is 0. The van der Waals surface area contributed by atoms with E-state index in [4.69, 9.17) is 4.52 Å². The fourth-order valence-electron chi connectivity index (χ4n) is 2.80. The molecule has 1 aliphatic rings. The van der Waals surface area contributed by atoms with Gasteiger partial charge >= 0.3 is 0 Å². The number of hydrogen-bond acceptors (Lipinski definition) is 3. The molecule has 0 bridgehead atoms. The number of benzene rings is 2. The van der Waals surface area contributed by atoms with Crippen LogP contribution in [0, 0.1) is 11.6 Å². The summed E-state index contributed by atoms with van der Waals surface area (Å²) in [6, 6.07) is 13.4. The maximum Gasteiger partial charge on any atom is 0.236 e. The van der Waals surface area contributed by atoms with Crippen molar-refractivity contribution in [3.8, 4) is 11.3 Å². The minimum atomic E-state index is -0.776. The summed E-state index contributed by atoms with van der Waals surface area (Å²) in [6.07, 6.45) is 1.26. The van der Waals surface area contributed by atoms with Crippen molar-refractivity contribution >= 4 is 11.6 Å². The van der Waals surface area contributed by atoms with Gasteiger partial charge in [-0.15, -0.1) is 0 Å². The zero-order valence-electron chi connectivity index (χ0n) is 13.1. The molecule has 3 aromatic rings. The van der Waals surface area contributed by atoms with Gasteiger partial charge in [0.1, 0.15) is 11.6 Å². The number of nitrogens with one attached hydrogen (secondary N) is 1. The summed E-state index contributed by atoms with van der Waals surface area (Å²) in [5.74, 6) is -0.725. The highest BCUT2D eigenvalue weighted by molar-refractivity contribution is 6.01. The molecule has 4 nitrogen and oxygen atoms in total. The third-order valence-corrected chi connectivity index (χ3v) is 4.43. The fourth-order valence-corrected chi connectivity index (χ4v) is 2.80. The summed E-state index contributed by atoms with van der Waals surface area (Å²) in [5, 5.41) is 6.75. The predicted molar refractivity (Wildman–Crippen MR) is 87.8 cm³/mol. The minimum absolute atomic E-state index is 0.229. The van der Waals surface area contributed by atoms with Crippen molar-refractivity contribution in [1.29, 1.82) is 0 Å². The molecule has 0 spiro atoms. The summed E-state index contributed by atoms with van der Waals surface area (Å²) < 4.78 is 32.1. The lowest BCUT2D eigenvalue weighted by molar-refractivity contribution is -0.118. The Morgan fingerprint density at radius 3 is 2.48 bits per heavy atom. The highest BCUT2D eigenvalue weighted by Gasteiger charge is 2.53. The van der Waals surface area contributed by atoms with Gasteiger partial charge in [-0.3, -0.25) is 4.79 Å². The van der Waals surface area contributed by atoms with E-state index in [1.807, 2.05) is 0 Å². The molecular weight excluding hydrogens is 326 g/mol. The van der Waals surface area contributed by atoms with Gasteiger partial charge in [0.05, 0.1) is 16.7 Å². The van der Waals surface area contributed by atoms with Gasteiger partial charge in [0, 0.05) is 11.8 Å². The van der Waals surface area contributed by atoms with Crippen LogP contribution in [0.25, 0.3) is 11.3 Å². The van der Waals surface area contributed by atoms with Gasteiger partial charge in [0.15, 0.2) is 5.76 Å². The average Bonchev–Trinajstić information content (AvgIpc) is 3.28. The topological polar surface area (TPSA) is 55.1 Å². The van der Waals surface area contributed by atoms with Crippen molar-refractivity contribution in [3.63, 3.8) is 0 Å². The first-order chi connectivity index (χ1) is 12.1. The molecule has 0 radical (unpaired) electrons.